The van der Waals surface area contributed by atoms with E-state index in [9.17, 15) is 13.6 Å². The largest absolute Gasteiger partial charge is 0.337 e. The Balaban J connectivity index is 1.46. The maximum absolute atomic E-state index is 13.3. The summed E-state index contributed by atoms with van der Waals surface area (Å²) in [5.74, 6) is -1.61. The van der Waals surface area contributed by atoms with Crippen molar-refractivity contribution in [2.45, 2.75) is 31.6 Å². The number of halogens is 2. The normalized spacial score (nSPS) is 16.2. The average molecular weight is 388 g/mol. The monoisotopic (exact) mass is 388 g/mol. The van der Waals surface area contributed by atoms with Gasteiger partial charge in [-0.25, -0.2) is 18.7 Å². The molecule has 1 amide bonds. The van der Waals surface area contributed by atoms with E-state index >= 15 is 0 Å². The number of benzene rings is 1. The minimum atomic E-state index is -0.605. The van der Waals surface area contributed by atoms with E-state index in [-0.39, 0.29) is 11.8 Å². The number of amides is 1. The third kappa shape index (κ3) is 3.75. The number of fused-ring (bicyclic) bond motifs is 1. The van der Waals surface area contributed by atoms with Gasteiger partial charge in [0.15, 0.2) is 5.13 Å². The number of thiazole rings is 1. The number of anilines is 1. The first-order chi connectivity index (χ1) is 13.0. The van der Waals surface area contributed by atoms with Crippen LogP contribution in [0.4, 0.5) is 13.9 Å². The van der Waals surface area contributed by atoms with E-state index in [0.717, 1.165) is 41.6 Å². The molecule has 0 saturated heterocycles. The molecular formula is C19H18F2N4OS. The van der Waals surface area contributed by atoms with Gasteiger partial charge in [-0.1, -0.05) is 0 Å². The first-order valence-electron chi connectivity index (χ1n) is 8.70. The van der Waals surface area contributed by atoms with Crippen molar-refractivity contribution in [3.63, 3.8) is 0 Å². The van der Waals surface area contributed by atoms with Gasteiger partial charge < -0.3 is 9.88 Å². The molecule has 1 N–H and O–H groups in total. The first kappa shape index (κ1) is 17.8. The lowest BCUT2D eigenvalue weighted by molar-refractivity contribution is -0.118. The number of aromatic nitrogens is 3. The van der Waals surface area contributed by atoms with E-state index in [4.69, 9.17) is 0 Å². The van der Waals surface area contributed by atoms with E-state index in [0.29, 0.717) is 17.1 Å². The van der Waals surface area contributed by atoms with Crippen LogP contribution in [0.2, 0.25) is 0 Å². The Morgan fingerprint density at radius 3 is 2.85 bits per heavy atom. The molecule has 0 radical (unpaired) electrons. The zero-order chi connectivity index (χ0) is 19.0. The van der Waals surface area contributed by atoms with Gasteiger partial charge in [0.1, 0.15) is 11.6 Å². The molecule has 2 heterocycles. The lowest BCUT2D eigenvalue weighted by Crippen LogP contribution is -2.25. The molecule has 1 unspecified atom stereocenters. The molecule has 5 nitrogen and oxygen atoms in total. The Hall–Kier alpha value is -2.61. The molecule has 4 rings (SSSR count). The Bertz CT molecular complexity index is 977. The van der Waals surface area contributed by atoms with Crippen molar-refractivity contribution in [2.75, 3.05) is 5.32 Å². The number of imidazole rings is 1. The summed E-state index contributed by atoms with van der Waals surface area (Å²) in [6.45, 7) is 0. The Morgan fingerprint density at radius 2 is 2.07 bits per heavy atom. The number of carbonyl (C=O) groups excluding carboxylic acids is 1. The topological polar surface area (TPSA) is 59.8 Å². The van der Waals surface area contributed by atoms with E-state index < -0.39 is 11.6 Å². The fraction of sp³-hybridized carbons (Fsp3) is 0.316. The fourth-order valence-corrected chi connectivity index (χ4v) is 4.34. The van der Waals surface area contributed by atoms with Crippen LogP contribution >= 0.6 is 11.3 Å². The van der Waals surface area contributed by atoms with Crippen molar-refractivity contribution in [2.24, 2.45) is 7.05 Å². The van der Waals surface area contributed by atoms with Crippen LogP contribution in [-0.4, -0.2) is 20.4 Å². The zero-order valence-electron chi connectivity index (χ0n) is 14.7. The summed E-state index contributed by atoms with van der Waals surface area (Å²) in [7, 11) is 1.94. The molecular weight excluding hydrogens is 370 g/mol. The van der Waals surface area contributed by atoms with Gasteiger partial charge in [-0.05, 0) is 37.0 Å². The molecule has 1 atom stereocenters. The van der Waals surface area contributed by atoms with Crippen LogP contribution in [0.25, 0.3) is 0 Å². The van der Waals surface area contributed by atoms with Crippen molar-refractivity contribution < 1.29 is 13.6 Å². The highest BCUT2D eigenvalue weighted by molar-refractivity contribution is 7.15. The number of hydrogen-bond donors (Lipinski definition) is 1. The molecule has 27 heavy (non-hydrogen) atoms. The Morgan fingerprint density at radius 1 is 1.30 bits per heavy atom. The third-order valence-electron chi connectivity index (χ3n) is 4.73. The van der Waals surface area contributed by atoms with Crippen LogP contribution in [-0.2, 0) is 24.7 Å². The Labute approximate surface area is 159 Å². The maximum Gasteiger partial charge on any atom is 0.235 e. The summed E-state index contributed by atoms with van der Waals surface area (Å²) >= 11 is 1.30. The molecule has 0 saturated carbocycles. The zero-order valence-corrected chi connectivity index (χ0v) is 15.5. The highest BCUT2D eigenvalue weighted by Crippen LogP contribution is 2.32. The molecule has 2 aromatic heterocycles. The standard InChI is InChI=1S/C19H18F2N4OS/c1-25-10-23-17-15(3-2-4-16(17)25)18(26)24-19-22-9-14(27-19)7-11-5-12(20)8-13(21)6-11/h5-6,8-10,15H,2-4,7H2,1H3,(H,22,24,26). The highest BCUT2D eigenvalue weighted by atomic mass is 32.1. The summed E-state index contributed by atoms with van der Waals surface area (Å²) < 4.78 is 28.6. The van der Waals surface area contributed by atoms with Crippen LogP contribution in [0.1, 0.15) is 40.6 Å². The number of hydrogen-bond acceptors (Lipinski definition) is 4. The van der Waals surface area contributed by atoms with Crippen molar-refractivity contribution in [1.29, 1.82) is 0 Å². The van der Waals surface area contributed by atoms with Crippen LogP contribution in [0, 0.1) is 11.6 Å². The second kappa shape index (κ2) is 7.19. The maximum atomic E-state index is 13.3. The van der Waals surface area contributed by atoms with Gasteiger partial charge in [0.05, 0.1) is 17.9 Å². The second-order valence-electron chi connectivity index (χ2n) is 6.71. The minimum Gasteiger partial charge on any atom is -0.337 e. The van der Waals surface area contributed by atoms with Crippen molar-refractivity contribution in [3.8, 4) is 0 Å². The second-order valence-corrected chi connectivity index (χ2v) is 7.82. The number of nitrogens with zero attached hydrogens (tertiary/aromatic N) is 3. The van der Waals surface area contributed by atoms with E-state index in [1.54, 1.807) is 12.5 Å². The van der Waals surface area contributed by atoms with Crippen LogP contribution in [0.5, 0.6) is 0 Å². The lowest BCUT2D eigenvalue weighted by Gasteiger charge is -2.20. The third-order valence-corrected chi connectivity index (χ3v) is 5.64. The van der Waals surface area contributed by atoms with Crippen molar-refractivity contribution in [3.05, 3.63) is 64.2 Å². The molecule has 8 heteroatoms. The van der Waals surface area contributed by atoms with E-state index in [1.165, 1.54) is 23.5 Å². The average Bonchev–Trinajstić information content (AvgIpc) is 3.20. The molecule has 0 fully saturated rings. The molecule has 1 aliphatic rings. The molecule has 3 aromatic rings. The smallest absolute Gasteiger partial charge is 0.235 e. The summed E-state index contributed by atoms with van der Waals surface area (Å²) in [5.41, 5.74) is 2.47. The van der Waals surface area contributed by atoms with Gasteiger partial charge in [-0.2, -0.15) is 0 Å². The molecule has 140 valence electrons. The van der Waals surface area contributed by atoms with Crippen LogP contribution < -0.4 is 5.32 Å². The van der Waals surface area contributed by atoms with Gasteiger partial charge in [-0.15, -0.1) is 11.3 Å². The summed E-state index contributed by atoms with van der Waals surface area (Å²) in [5, 5.41) is 3.34. The number of aryl methyl sites for hydroxylation is 1. The number of carbonyl (C=O) groups is 1. The summed E-state index contributed by atoms with van der Waals surface area (Å²) in [6, 6.07) is 3.44. The van der Waals surface area contributed by atoms with Crippen molar-refractivity contribution >= 4 is 22.4 Å². The predicted octanol–water partition coefficient (Wildman–Crippen LogP) is 3.80. The number of rotatable bonds is 4. The van der Waals surface area contributed by atoms with Crippen LogP contribution in [0.3, 0.4) is 0 Å². The molecule has 1 aromatic carbocycles. The summed E-state index contributed by atoms with van der Waals surface area (Å²) in [6.07, 6.45) is 6.36. The van der Waals surface area contributed by atoms with Gasteiger partial charge in [0, 0.05) is 36.3 Å². The Kier molecular flexibility index (Phi) is 4.73. The quantitative estimate of drug-likeness (QED) is 0.740. The van der Waals surface area contributed by atoms with Gasteiger partial charge in [0.2, 0.25) is 5.91 Å². The predicted molar refractivity (Wildman–Crippen MR) is 98.8 cm³/mol. The fourth-order valence-electron chi connectivity index (χ4n) is 3.49. The van der Waals surface area contributed by atoms with Gasteiger partial charge in [0.25, 0.3) is 0 Å². The summed E-state index contributed by atoms with van der Waals surface area (Å²) in [4.78, 5) is 22.1. The SMILES string of the molecule is Cn1cnc2c1CCCC2C(=O)Nc1ncc(Cc2cc(F)cc(F)c2)s1. The van der Waals surface area contributed by atoms with E-state index in [1.807, 2.05) is 11.6 Å². The number of nitrogens with one attached hydrogen (secondary N) is 1. The lowest BCUT2D eigenvalue weighted by atomic mass is 9.89. The van der Waals surface area contributed by atoms with Gasteiger partial charge in [-0.3, -0.25) is 4.79 Å². The first-order valence-corrected chi connectivity index (χ1v) is 9.52. The van der Waals surface area contributed by atoms with Crippen molar-refractivity contribution in [1.82, 2.24) is 14.5 Å². The van der Waals surface area contributed by atoms with Gasteiger partial charge >= 0.3 is 0 Å². The molecule has 0 aliphatic heterocycles. The van der Waals surface area contributed by atoms with E-state index in [2.05, 4.69) is 15.3 Å². The molecule has 1 aliphatic carbocycles. The highest BCUT2D eigenvalue weighted by Gasteiger charge is 2.30. The molecule has 0 bridgehead atoms. The molecule has 0 spiro atoms. The minimum absolute atomic E-state index is 0.118. The van der Waals surface area contributed by atoms with Crippen LogP contribution in [0.15, 0.2) is 30.7 Å².